The summed E-state index contributed by atoms with van der Waals surface area (Å²) in [7, 11) is 1.28. The maximum Gasteiger partial charge on any atom is 0.411 e. The fourth-order valence-corrected chi connectivity index (χ4v) is 3.80. The van der Waals surface area contributed by atoms with Crippen molar-refractivity contribution < 1.29 is 24.2 Å². The first-order valence-corrected chi connectivity index (χ1v) is 8.20. The lowest BCUT2D eigenvalue weighted by Gasteiger charge is -2.30. The van der Waals surface area contributed by atoms with Crippen LogP contribution in [0, 0.1) is 0 Å². The third-order valence-electron chi connectivity index (χ3n) is 3.75. The summed E-state index contributed by atoms with van der Waals surface area (Å²) in [5.41, 5.74) is -0.607. The standard InChI is InChI=1S/C15H21NO5S/c1-3-21-14(18)16-10-9-11(22-12(10)13(17)20-2)15(19)7-5-4-6-8-15/h9,19H,3-8H2,1-2H3,(H,16,18). The Labute approximate surface area is 133 Å². The van der Waals surface area contributed by atoms with E-state index in [1.165, 1.54) is 7.11 Å². The summed E-state index contributed by atoms with van der Waals surface area (Å²) in [6, 6.07) is 1.65. The molecule has 1 heterocycles. The van der Waals surface area contributed by atoms with Crippen LogP contribution in [0.25, 0.3) is 0 Å². The van der Waals surface area contributed by atoms with Gasteiger partial charge in [-0.3, -0.25) is 5.32 Å². The van der Waals surface area contributed by atoms with E-state index in [0.717, 1.165) is 30.6 Å². The molecular weight excluding hydrogens is 306 g/mol. The van der Waals surface area contributed by atoms with Crippen LogP contribution in [0.2, 0.25) is 0 Å². The third kappa shape index (κ3) is 3.59. The summed E-state index contributed by atoms with van der Waals surface area (Å²) in [6.45, 7) is 1.94. The normalized spacial score (nSPS) is 16.9. The van der Waals surface area contributed by atoms with Crippen LogP contribution in [0.15, 0.2) is 6.07 Å². The number of thiophene rings is 1. The van der Waals surface area contributed by atoms with E-state index in [4.69, 9.17) is 9.47 Å². The maximum atomic E-state index is 11.9. The van der Waals surface area contributed by atoms with Crippen molar-refractivity contribution in [3.63, 3.8) is 0 Å². The molecule has 1 aliphatic rings. The van der Waals surface area contributed by atoms with Gasteiger partial charge in [-0.2, -0.15) is 0 Å². The molecule has 122 valence electrons. The highest BCUT2D eigenvalue weighted by molar-refractivity contribution is 7.14. The van der Waals surface area contributed by atoms with Gasteiger partial charge in [-0.25, -0.2) is 9.59 Å². The van der Waals surface area contributed by atoms with Gasteiger partial charge in [-0.1, -0.05) is 19.3 Å². The van der Waals surface area contributed by atoms with Gasteiger partial charge >= 0.3 is 12.1 Å². The number of nitrogens with one attached hydrogen (secondary N) is 1. The number of amides is 1. The van der Waals surface area contributed by atoms with Crippen molar-refractivity contribution in [2.24, 2.45) is 0 Å². The van der Waals surface area contributed by atoms with Crippen molar-refractivity contribution in [2.75, 3.05) is 19.0 Å². The van der Waals surface area contributed by atoms with Crippen molar-refractivity contribution in [3.05, 3.63) is 15.8 Å². The zero-order valence-corrected chi connectivity index (χ0v) is 13.6. The average Bonchev–Trinajstić information content (AvgIpc) is 2.92. The quantitative estimate of drug-likeness (QED) is 0.829. The van der Waals surface area contributed by atoms with Crippen LogP contribution < -0.4 is 5.32 Å². The number of aliphatic hydroxyl groups is 1. The summed E-state index contributed by atoms with van der Waals surface area (Å²) in [5.74, 6) is -0.539. The molecule has 1 aromatic rings. The van der Waals surface area contributed by atoms with Crippen LogP contribution in [0.1, 0.15) is 53.6 Å². The van der Waals surface area contributed by atoms with Gasteiger partial charge in [0.2, 0.25) is 0 Å². The first kappa shape index (κ1) is 16.8. The zero-order chi connectivity index (χ0) is 16.2. The SMILES string of the molecule is CCOC(=O)Nc1cc(C2(O)CCCCC2)sc1C(=O)OC. The molecule has 0 atom stereocenters. The summed E-state index contributed by atoms with van der Waals surface area (Å²) >= 11 is 1.16. The molecule has 1 saturated carbocycles. The Balaban J connectivity index is 2.30. The number of esters is 1. The number of hydrogen-bond donors (Lipinski definition) is 2. The Morgan fingerprint density at radius 2 is 2.05 bits per heavy atom. The molecule has 1 fully saturated rings. The molecule has 0 aliphatic heterocycles. The molecule has 1 aromatic heterocycles. The predicted octanol–water partition coefficient (Wildman–Crippen LogP) is 3.25. The van der Waals surface area contributed by atoms with Gasteiger partial charge in [0, 0.05) is 4.88 Å². The second-order valence-corrected chi connectivity index (χ2v) is 6.33. The minimum absolute atomic E-state index is 0.236. The molecule has 0 radical (unpaired) electrons. The molecule has 0 spiro atoms. The second kappa shape index (κ2) is 7.11. The molecule has 0 aromatic carbocycles. The molecule has 1 aliphatic carbocycles. The predicted molar refractivity (Wildman–Crippen MR) is 83.3 cm³/mol. The minimum atomic E-state index is -0.930. The van der Waals surface area contributed by atoms with Crippen LogP contribution in [0.5, 0.6) is 0 Å². The number of carbonyl (C=O) groups excluding carboxylic acids is 2. The molecule has 0 saturated heterocycles. The van der Waals surface area contributed by atoms with Crippen LogP contribution in [-0.2, 0) is 15.1 Å². The van der Waals surface area contributed by atoms with E-state index in [1.807, 2.05) is 0 Å². The lowest BCUT2D eigenvalue weighted by atomic mass is 9.84. The van der Waals surface area contributed by atoms with Crippen molar-refractivity contribution >= 4 is 29.1 Å². The molecule has 0 unspecified atom stereocenters. The van der Waals surface area contributed by atoms with E-state index < -0.39 is 17.7 Å². The molecule has 2 rings (SSSR count). The van der Waals surface area contributed by atoms with E-state index in [2.05, 4.69) is 5.32 Å². The molecular formula is C15H21NO5S. The highest BCUT2D eigenvalue weighted by Gasteiger charge is 2.35. The highest BCUT2D eigenvalue weighted by atomic mass is 32.1. The van der Waals surface area contributed by atoms with Gasteiger partial charge in [0.1, 0.15) is 4.88 Å². The number of hydrogen-bond acceptors (Lipinski definition) is 6. The summed E-state index contributed by atoms with van der Waals surface area (Å²) in [4.78, 5) is 24.4. The Kier molecular flexibility index (Phi) is 5.42. The van der Waals surface area contributed by atoms with Crippen LogP contribution in [0.4, 0.5) is 10.5 Å². The second-order valence-electron chi connectivity index (χ2n) is 5.28. The number of anilines is 1. The lowest BCUT2D eigenvalue weighted by Crippen LogP contribution is -2.27. The van der Waals surface area contributed by atoms with Crippen LogP contribution in [0.3, 0.4) is 0 Å². The van der Waals surface area contributed by atoms with E-state index in [0.29, 0.717) is 23.4 Å². The Bertz CT molecular complexity index is 548. The zero-order valence-electron chi connectivity index (χ0n) is 12.8. The Morgan fingerprint density at radius 1 is 1.36 bits per heavy atom. The van der Waals surface area contributed by atoms with Gasteiger partial charge in [0.25, 0.3) is 0 Å². The largest absolute Gasteiger partial charge is 0.465 e. The van der Waals surface area contributed by atoms with E-state index >= 15 is 0 Å². The van der Waals surface area contributed by atoms with Gasteiger partial charge in [-0.05, 0) is 25.8 Å². The van der Waals surface area contributed by atoms with Gasteiger partial charge < -0.3 is 14.6 Å². The van der Waals surface area contributed by atoms with Crippen molar-refractivity contribution in [1.29, 1.82) is 0 Å². The first-order valence-electron chi connectivity index (χ1n) is 7.39. The number of methoxy groups -OCH3 is 1. The van der Waals surface area contributed by atoms with Crippen LogP contribution in [-0.4, -0.2) is 30.9 Å². The van der Waals surface area contributed by atoms with E-state index in [1.54, 1.807) is 13.0 Å². The fourth-order valence-electron chi connectivity index (χ4n) is 2.62. The van der Waals surface area contributed by atoms with Crippen LogP contribution >= 0.6 is 11.3 Å². The molecule has 6 nitrogen and oxygen atoms in total. The monoisotopic (exact) mass is 327 g/mol. The number of carbonyl (C=O) groups is 2. The summed E-state index contributed by atoms with van der Waals surface area (Å²) in [5, 5.41) is 13.3. The van der Waals surface area contributed by atoms with Crippen molar-refractivity contribution in [1.82, 2.24) is 0 Å². The minimum Gasteiger partial charge on any atom is -0.465 e. The lowest BCUT2D eigenvalue weighted by molar-refractivity contribution is 0.00285. The fraction of sp³-hybridized carbons (Fsp3) is 0.600. The Morgan fingerprint density at radius 3 is 2.64 bits per heavy atom. The van der Waals surface area contributed by atoms with Crippen molar-refractivity contribution in [3.8, 4) is 0 Å². The van der Waals surface area contributed by atoms with Gasteiger partial charge in [0.15, 0.2) is 0 Å². The first-order chi connectivity index (χ1) is 10.5. The average molecular weight is 327 g/mol. The van der Waals surface area contributed by atoms with Gasteiger partial charge in [-0.15, -0.1) is 11.3 Å². The highest BCUT2D eigenvalue weighted by Crippen LogP contribution is 2.43. The molecule has 1 amide bonds. The van der Waals surface area contributed by atoms with Crippen molar-refractivity contribution in [2.45, 2.75) is 44.6 Å². The number of ether oxygens (including phenoxy) is 2. The van der Waals surface area contributed by atoms with Gasteiger partial charge in [0.05, 0.1) is 25.0 Å². The van der Waals surface area contributed by atoms with E-state index in [9.17, 15) is 14.7 Å². The molecule has 0 bridgehead atoms. The summed E-state index contributed by atoms with van der Waals surface area (Å²) in [6.07, 6.45) is 3.68. The molecule has 7 heteroatoms. The molecule has 2 N–H and O–H groups in total. The van der Waals surface area contributed by atoms with E-state index in [-0.39, 0.29) is 11.5 Å². The number of rotatable bonds is 4. The topological polar surface area (TPSA) is 84.9 Å². The Hall–Kier alpha value is -1.60. The smallest absolute Gasteiger partial charge is 0.411 e. The molecule has 22 heavy (non-hydrogen) atoms. The maximum absolute atomic E-state index is 11.9. The summed E-state index contributed by atoms with van der Waals surface area (Å²) < 4.78 is 9.58. The third-order valence-corrected chi connectivity index (χ3v) is 5.06.